The van der Waals surface area contributed by atoms with Crippen molar-refractivity contribution in [2.45, 2.75) is 273 Å². The molecule has 0 aliphatic rings. The summed E-state index contributed by atoms with van der Waals surface area (Å²) in [6.07, 6.45) is 22.1. The minimum atomic E-state index is -1.99. The molecular formula is C97H123N3O4Si2. The van der Waals surface area contributed by atoms with Crippen LogP contribution in [0.3, 0.4) is 0 Å². The molecule has 558 valence electrons. The van der Waals surface area contributed by atoms with Crippen molar-refractivity contribution in [3.8, 4) is 93.1 Å². The molecule has 7 nitrogen and oxygen atoms in total. The molecule has 0 amide bonds. The summed E-state index contributed by atoms with van der Waals surface area (Å²) in [6, 6.07) is 39.6. The first-order valence-corrected chi connectivity index (χ1v) is 44.7. The molecule has 0 radical (unpaired) electrons. The number of aromatic nitrogens is 3. The molecule has 0 atom stereocenters. The number of rotatable bonds is 36. The van der Waals surface area contributed by atoms with Crippen LogP contribution in [0.1, 0.15) is 291 Å². The number of unbranched alkanes of at least 4 members (excludes halogenated alkanes) is 12. The van der Waals surface area contributed by atoms with Gasteiger partial charge in [0.1, 0.15) is 21.8 Å². The molecule has 0 unspecified atom stereocenters. The Morgan fingerprint density at radius 3 is 0.925 bits per heavy atom. The first kappa shape index (κ1) is 85.2. The molecule has 0 saturated heterocycles. The maximum absolute atomic E-state index is 6.31. The molecule has 0 saturated carbocycles. The summed E-state index contributed by atoms with van der Waals surface area (Å²) in [5, 5.41) is 0. The van der Waals surface area contributed by atoms with Crippen LogP contribution in [0.15, 0.2) is 128 Å². The van der Waals surface area contributed by atoms with Crippen LogP contribution in [0.25, 0.3) is 22.8 Å². The largest absolute Gasteiger partial charge is 0.377 e. The molecule has 7 aromatic rings. The Bertz CT molecular complexity index is 4240. The zero-order valence-electron chi connectivity index (χ0n) is 67.5. The molecule has 3 aromatic heterocycles. The highest BCUT2D eigenvalue weighted by atomic mass is 28.3. The summed E-state index contributed by atoms with van der Waals surface area (Å²) >= 11 is 0. The van der Waals surface area contributed by atoms with E-state index >= 15 is 0 Å². The Morgan fingerprint density at radius 2 is 0.623 bits per heavy atom. The number of pyridine rings is 3. The predicted octanol–water partition coefficient (Wildman–Crippen LogP) is 24.3. The van der Waals surface area contributed by atoms with Crippen molar-refractivity contribution in [3.05, 3.63) is 206 Å². The Kier molecular flexibility index (Phi) is 36.6. The Labute approximate surface area is 644 Å². The van der Waals surface area contributed by atoms with Crippen molar-refractivity contribution in [2.24, 2.45) is 0 Å². The Balaban J connectivity index is 1.21. The number of benzene rings is 4. The van der Waals surface area contributed by atoms with Gasteiger partial charge in [0, 0.05) is 88.9 Å². The first-order chi connectivity index (χ1) is 51.3. The van der Waals surface area contributed by atoms with Gasteiger partial charge in [0.15, 0.2) is 0 Å². The number of nitrogens with zero attached hydrogens (tertiary/aromatic N) is 3. The summed E-state index contributed by atoms with van der Waals surface area (Å²) in [5.74, 6) is 35.6. The minimum Gasteiger partial charge on any atom is -0.377 e. The lowest BCUT2D eigenvalue weighted by Crippen LogP contribution is -2.43. The first-order valence-electron chi connectivity index (χ1n) is 40.2. The zero-order valence-corrected chi connectivity index (χ0v) is 69.5. The number of hydrogen-bond donors (Lipinski definition) is 0. The van der Waals surface area contributed by atoms with Crippen molar-refractivity contribution in [1.82, 2.24) is 15.0 Å². The van der Waals surface area contributed by atoms with E-state index in [1.165, 1.54) is 64.2 Å². The SMILES string of the molecule is CCCCCCOCc1cc(C#Cc2ccc(-c3ccc(C#Cc4cc(C#Cc5cc(C#C[Si](C(C)C)(C(C)C)C(C)C)cc(COCCCCCC)c5)cc(COCCCCCC)c4)c(-c4ccccn4)n3)nc2)cc(C#Cc2cc(C#C[Si](C(C)C)(C(C)C)C(C)C)cc(COCCCCCC)c2)c1. The van der Waals surface area contributed by atoms with Crippen LogP contribution in [0.4, 0.5) is 0 Å². The van der Waals surface area contributed by atoms with Crippen LogP contribution in [-0.2, 0) is 45.4 Å². The normalized spacial score (nSPS) is 11.4. The smallest absolute Gasteiger partial charge is 0.146 e. The fraction of sp³-hybridized carbons (Fsp3) is 0.474. The Morgan fingerprint density at radius 1 is 0.302 bits per heavy atom. The fourth-order valence-corrected chi connectivity index (χ4v) is 25.2. The third-order valence-electron chi connectivity index (χ3n) is 20.4. The lowest BCUT2D eigenvalue weighted by molar-refractivity contribution is 0.116. The molecule has 4 aromatic carbocycles. The van der Waals surface area contributed by atoms with Crippen LogP contribution in [-0.4, -0.2) is 57.5 Å². The minimum absolute atomic E-state index is 0.459. The number of ether oxygens (including phenoxy) is 4. The van der Waals surface area contributed by atoms with E-state index < -0.39 is 16.1 Å². The van der Waals surface area contributed by atoms with Crippen molar-refractivity contribution in [1.29, 1.82) is 0 Å². The van der Waals surface area contributed by atoms with Crippen molar-refractivity contribution in [3.63, 3.8) is 0 Å². The van der Waals surface area contributed by atoms with E-state index in [4.69, 9.17) is 33.9 Å². The topological polar surface area (TPSA) is 75.6 Å². The van der Waals surface area contributed by atoms with E-state index in [1.807, 2.05) is 48.7 Å². The molecule has 7 rings (SSSR count). The number of hydrogen-bond acceptors (Lipinski definition) is 7. The van der Waals surface area contributed by atoms with Gasteiger partial charge >= 0.3 is 0 Å². The molecule has 0 N–H and O–H groups in total. The van der Waals surface area contributed by atoms with E-state index in [0.717, 1.165) is 130 Å². The standard InChI is InChI=1S/C97H123N3O4Si2/c1-17-21-25-31-51-101-70-89-61-81(57-82(62-89)38-40-84-59-87(48-55-105(74(5)6,75(7)8)76(9)10)67-91(64-84)72-103-53-33-27-23-19-3)37-36-80-43-46-94(99-69-80)95-47-45-93(97(100-95)96-35-29-30-50-98-96)44-42-86-58-83(63-90(66-86)71-102-52-32-26-22-18-2)39-41-85-60-88(49-56-106(77(11)12,78(13)14)79(15)16)68-92(65-85)73-104-54-34-28-24-20-4/h29-30,35,43,45-47,50,57-69,74-79H,17-28,31-34,51-54,70-73H2,1-16H3. The Hall–Kier alpha value is -8.04. The molecular weight excluding hydrogens is 1330 g/mol. The second-order valence-electron chi connectivity index (χ2n) is 30.7. The maximum Gasteiger partial charge on any atom is 0.146 e. The molecule has 0 spiro atoms. The van der Waals surface area contributed by atoms with Crippen LogP contribution in [0.2, 0.25) is 33.2 Å². The van der Waals surface area contributed by atoms with E-state index in [0.29, 0.717) is 95.7 Å². The van der Waals surface area contributed by atoms with Gasteiger partial charge in [-0.2, -0.15) is 0 Å². The average Bonchev–Trinajstić information content (AvgIpc) is 0.811. The van der Waals surface area contributed by atoms with Crippen LogP contribution in [0.5, 0.6) is 0 Å². The summed E-state index contributed by atoms with van der Waals surface area (Å²) in [4.78, 5) is 15.0. The summed E-state index contributed by atoms with van der Waals surface area (Å²) < 4.78 is 25.1. The van der Waals surface area contributed by atoms with Gasteiger partial charge in [-0.05, 0) is 190 Å². The van der Waals surface area contributed by atoms with Gasteiger partial charge in [-0.15, -0.1) is 11.1 Å². The van der Waals surface area contributed by atoms with Crippen LogP contribution >= 0.6 is 0 Å². The summed E-state index contributed by atoms with van der Waals surface area (Å²) in [7, 11) is -3.97. The molecule has 0 aliphatic heterocycles. The lowest BCUT2D eigenvalue weighted by atomic mass is 10.0. The second-order valence-corrected chi connectivity index (χ2v) is 41.8. The zero-order chi connectivity index (χ0) is 76.1. The second kappa shape index (κ2) is 45.6. The highest BCUT2D eigenvalue weighted by molar-refractivity contribution is 6.91. The lowest BCUT2D eigenvalue weighted by Gasteiger charge is -2.38. The quantitative estimate of drug-likeness (QED) is 0.0220. The summed E-state index contributed by atoms with van der Waals surface area (Å²) in [6.45, 7) is 42.2. The van der Waals surface area contributed by atoms with Gasteiger partial charge in [-0.25, -0.2) is 4.98 Å². The van der Waals surface area contributed by atoms with Gasteiger partial charge in [-0.1, -0.05) is 253 Å². The van der Waals surface area contributed by atoms with Gasteiger partial charge < -0.3 is 18.9 Å². The highest BCUT2D eigenvalue weighted by Gasteiger charge is 2.43. The predicted molar refractivity (Wildman–Crippen MR) is 451 cm³/mol. The van der Waals surface area contributed by atoms with Gasteiger partial charge in [0.25, 0.3) is 0 Å². The van der Waals surface area contributed by atoms with Crippen molar-refractivity contribution >= 4 is 16.1 Å². The van der Waals surface area contributed by atoms with E-state index in [9.17, 15) is 0 Å². The molecule has 0 aliphatic carbocycles. The molecule has 9 heteroatoms. The van der Waals surface area contributed by atoms with E-state index in [2.05, 4.69) is 254 Å². The summed E-state index contributed by atoms with van der Waals surface area (Å²) in [5.41, 5.74) is 26.8. The molecule has 0 bridgehead atoms. The van der Waals surface area contributed by atoms with Crippen molar-refractivity contribution < 1.29 is 18.9 Å². The van der Waals surface area contributed by atoms with Gasteiger partial charge in [0.05, 0.1) is 49.1 Å². The molecule has 0 fully saturated rings. The maximum atomic E-state index is 6.31. The molecule has 106 heavy (non-hydrogen) atoms. The van der Waals surface area contributed by atoms with E-state index in [-0.39, 0.29) is 0 Å². The molecule has 3 heterocycles. The van der Waals surface area contributed by atoms with Crippen LogP contribution in [0, 0.1) is 70.3 Å². The van der Waals surface area contributed by atoms with E-state index in [1.54, 1.807) is 6.20 Å². The van der Waals surface area contributed by atoms with Crippen molar-refractivity contribution in [2.75, 3.05) is 26.4 Å². The van der Waals surface area contributed by atoms with Gasteiger partial charge in [0.2, 0.25) is 0 Å². The average molecular weight is 1450 g/mol. The van der Waals surface area contributed by atoms with Crippen LogP contribution < -0.4 is 0 Å². The third kappa shape index (κ3) is 27.0. The fourth-order valence-electron chi connectivity index (χ4n) is 14.8. The highest BCUT2D eigenvalue weighted by Crippen LogP contribution is 2.42. The van der Waals surface area contributed by atoms with Gasteiger partial charge in [-0.3, -0.25) is 9.97 Å². The third-order valence-corrected chi connectivity index (χ3v) is 33.0. The monoisotopic (exact) mass is 1450 g/mol.